The number of amides is 4. The van der Waals surface area contributed by atoms with E-state index in [1.54, 1.807) is 39.0 Å². The molecule has 1 aromatic heterocycles. The van der Waals surface area contributed by atoms with Crippen molar-refractivity contribution < 1.29 is 50.6 Å². The van der Waals surface area contributed by atoms with E-state index in [0.29, 0.717) is 34.4 Å². The second kappa shape index (κ2) is 14.3. The Labute approximate surface area is 317 Å². The fourth-order valence-electron chi connectivity index (χ4n) is 7.00. The number of sulfonamides is 1. The maximum absolute atomic E-state index is 14.5. The van der Waals surface area contributed by atoms with Gasteiger partial charge in [0, 0.05) is 22.2 Å². The number of rotatable bonds is 13. The number of hydrogen-bond donors (Lipinski definition) is 3. The zero-order valence-electron chi connectivity index (χ0n) is 30.9. The largest absolute Gasteiger partial charge is 0.494 e. The number of halogens is 3. The van der Waals surface area contributed by atoms with Gasteiger partial charge in [0.2, 0.25) is 27.7 Å². The second-order valence-corrected chi connectivity index (χ2v) is 18.7. The minimum atomic E-state index is -3.92. The first-order valence-electron chi connectivity index (χ1n) is 17.9. The van der Waals surface area contributed by atoms with Gasteiger partial charge in [-0.2, -0.15) is 0 Å². The van der Waals surface area contributed by atoms with Crippen LogP contribution in [-0.2, 0) is 29.1 Å². The lowest BCUT2D eigenvalue weighted by Crippen LogP contribution is -2.60. The minimum absolute atomic E-state index is 0.0841. The lowest BCUT2D eigenvalue weighted by Gasteiger charge is -2.36. The van der Waals surface area contributed by atoms with Gasteiger partial charge in [-0.15, -0.1) is 0 Å². The number of likely N-dealkylation sites (tertiary alicyclic amines) is 1. The first-order valence-corrected chi connectivity index (χ1v) is 19.8. The highest BCUT2D eigenvalue weighted by Gasteiger charge is 2.67. The molecule has 0 unspecified atom stereocenters. The number of nitrogens with one attached hydrogen (secondary N) is 3. The van der Waals surface area contributed by atoms with Crippen LogP contribution in [0.4, 0.5) is 13.6 Å². The number of nitrogens with zero attached hydrogens (tertiary/aromatic N) is 2. The average Bonchev–Trinajstić information content (AvgIpc) is 3.95. The number of alkyl halides is 2. The summed E-state index contributed by atoms with van der Waals surface area (Å²) < 4.78 is 71.7. The molecule has 1 aliphatic heterocycles. The van der Waals surface area contributed by atoms with Crippen molar-refractivity contribution >= 4 is 56.2 Å². The maximum Gasteiger partial charge on any atom is 0.408 e. The Morgan fingerprint density at radius 1 is 1.06 bits per heavy atom. The molecule has 6 rings (SSSR count). The molecule has 0 radical (unpaired) electrons. The predicted octanol–water partition coefficient (Wildman–Crippen LogP) is 4.32. The Hall–Kier alpha value is -3.99. The summed E-state index contributed by atoms with van der Waals surface area (Å²) in [5, 5.41) is 6.15. The summed E-state index contributed by atoms with van der Waals surface area (Å²) in [5.74, 6) is -1.82. The fraction of sp³-hybridized carbons (Fsp3) is 0.639. The highest BCUT2D eigenvalue weighted by molar-refractivity contribution is 7.91. The topological polar surface area (TPSA) is 182 Å². The predicted molar refractivity (Wildman–Crippen MR) is 193 cm³/mol. The summed E-state index contributed by atoms with van der Waals surface area (Å²) in [5.41, 5.74) is -4.67. The van der Waals surface area contributed by atoms with E-state index in [-0.39, 0.29) is 37.1 Å². The van der Waals surface area contributed by atoms with E-state index in [1.165, 1.54) is 18.2 Å². The van der Waals surface area contributed by atoms with Crippen LogP contribution >= 0.6 is 11.6 Å². The number of hydrogen-bond acceptors (Lipinski definition) is 10. The minimum Gasteiger partial charge on any atom is -0.494 e. The third kappa shape index (κ3) is 8.16. The molecular formula is C36H46ClF2N5O9S. The third-order valence-corrected chi connectivity index (χ3v) is 12.6. The molecule has 2 aromatic rings. The number of fused-ring (bicyclic) bond motifs is 1. The molecule has 1 aromatic carbocycles. The van der Waals surface area contributed by atoms with Crippen LogP contribution in [0.3, 0.4) is 0 Å². The van der Waals surface area contributed by atoms with Crippen LogP contribution in [-0.4, -0.2) is 96.8 Å². The smallest absolute Gasteiger partial charge is 0.408 e. The number of ether oxygens (including phenoxy) is 3. The normalized spacial score (nSPS) is 24.9. The molecule has 3 N–H and O–H groups in total. The van der Waals surface area contributed by atoms with Crippen LogP contribution < -0.4 is 24.8 Å². The van der Waals surface area contributed by atoms with Gasteiger partial charge in [-0.1, -0.05) is 32.4 Å². The molecular weight excluding hydrogens is 752 g/mol. The van der Waals surface area contributed by atoms with Crippen molar-refractivity contribution in [2.75, 3.05) is 13.7 Å². The molecule has 54 heavy (non-hydrogen) atoms. The van der Waals surface area contributed by atoms with Gasteiger partial charge < -0.3 is 29.7 Å². The Balaban J connectivity index is 1.30. The molecule has 4 amide bonds. The number of methoxy groups -OCH3 is 1. The second-order valence-electron chi connectivity index (χ2n) is 16.3. The molecule has 18 heteroatoms. The van der Waals surface area contributed by atoms with Gasteiger partial charge in [-0.25, -0.2) is 27.0 Å². The van der Waals surface area contributed by atoms with Crippen LogP contribution in [0.5, 0.6) is 11.6 Å². The van der Waals surface area contributed by atoms with Gasteiger partial charge in [-0.05, 0) is 81.4 Å². The molecule has 4 fully saturated rings. The van der Waals surface area contributed by atoms with Crippen molar-refractivity contribution in [3.63, 3.8) is 0 Å². The van der Waals surface area contributed by atoms with Crippen molar-refractivity contribution in [3.8, 4) is 11.6 Å². The quantitative estimate of drug-likeness (QED) is 0.264. The maximum atomic E-state index is 14.5. The molecule has 2 heterocycles. The zero-order chi connectivity index (χ0) is 39.5. The van der Waals surface area contributed by atoms with Gasteiger partial charge in [0.1, 0.15) is 29.5 Å². The molecule has 3 aliphatic carbocycles. The molecule has 0 bridgehead atoms. The van der Waals surface area contributed by atoms with E-state index < -0.39 is 80.3 Å². The van der Waals surface area contributed by atoms with Gasteiger partial charge in [0.25, 0.3) is 12.3 Å². The summed E-state index contributed by atoms with van der Waals surface area (Å²) >= 11 is 6.31. The number of pyridine rings is 1. The molecule has 4 aliphatic rings. The monoisotopic (exact) mass is 797 g/mol. The van der Waals surface area contributed by atoms with E-state index in [4.69, 9.17) is 25.8 Å². The SMILES string of the molecule is COc1cnc(O[C@@H]2C[C@@H](C(=O)N[C@]3(C(=O)NS(=O)(=O)C4CC4)C[C@H]3C3CC3)N(C(=O)[C@@H](NC(=O)OC(C)(C)C(F)F)C(C)(C)C)C2)c2cc(Cl)ccc12. The lowest BCUT2D eigenvalue weighted by molar-refractivity contribution is -0.143. The van der Waals surface area contributed by atoms with Gasteiger partial charge in [0.05, 0.1) is 25.1 Å². The summed E-state index contributed by atoms with van der Waals surface area (Å²) in [6.45, 7) is 6.83. The Bertz CT molecular complexity index is 1950. The Morgan fingerprint density at radius 2 is 1.74 bits per heavy atom. The Kier molecular flexibility index (Phi) is 10.5. The molecule has 14 nitrogen and oxygen atoms in total. The van der Waals surface area contributed by atoms with Crippen LogP contribution in [0.1, 0.15) is 73.1 Å². The average molecular weight is 798 g/mol. The van der Waals surface area contributed by atoms with Gasteiger partial charge in [0.15, 0.2) is 5.60 Å². The highest BCUT2D eigenvalue weighted by Crippen LogP contribution is 2.57. The summed E-state index contributed by atoms with van der Waals surface area (Å²) in [7, 11) is -2.44. The molecule has 1 saturated heterocycles. The number of benzene rings is 1. The molecule has 5 atom stereocenters. The van der Waals surface area contributed by atoms with E-state index in [9.17, 15) is 36.4 Å². The van der Waals surface area contributed by atoms with Crippen molar-refractivity contribution in [2.24, 2.45) is 17.3 Å². The highest BCUT2D eigenvalue weighted by atomic mass is 35.5. The third-order valence-electron chi connectivity index (χ3n) is 10.5. The van der Waals surface area contributed by atoms with E-state index in [2.05, 4.69) is 20.3 Å². The zero-order valence-corrected chi connectivity index (χ0v) is 32.5. The van der Waals surface area contributed by atoms with E-state index >= 15 is 0 Å². The summed E-state index contributed by atoms with van der Waals surface area (Å²) in [6.07, 6.45) is -0.970. The van der Waals surface area contributed by atoms with Crippen molar-refractivity contribution in [2.45, 2.75) is 114 Å². The van der Waals surface area contributed by atoms with E-state index in [0.717, 1.165) is 26.7 Å². The van der Waals surface area contributed by atoms with Crippen LogP contribution in [0, 0.1) is 17.3 Å². The Morgan fingerprint density at radius 3 is 2.33 bits per heavy atom. The first kappa shape index (κ1) is 39.7. The van der Waals surface area contributed by atoms with Crippen molar-refractivity contribution in [1.29, 1.82) is 0 Å². The number of carbonyl (C=O) groups is 4. The van der Waals surface area contributed by atoms with Crippen LogP contribution in [0.25, 0.3) is 10.8 Å². The number of aromatic nitrogens is 1. The van der Waals surface area contributed by atoms with Crippen molar-refractivity contribution in [3.05, 3.63) is 29.4 Å². The van der Waals surface area contributed by atoms with Gasteiger partial charge in [-0.3, -0.25) is 19.1 Å². The van der Waals surface area contributed by atoms with Crippen LogP contribution in [0.2, 0.25) is 5.02 Å². The summed E-state index contributed by atoms with van der Waals surface area (Å²) in [4.78, 5) is 61.1. The standard InChI is InChI=1S/C36H46ClF2N5O9S/c1-34(2,3)27(41-33(48)53-35(4,5)31(38)39)30(46)44-17-20(52-29-23-13-19(37)9-12-22(23)26(51-6)16-40-29)14-25(44)28(45)42-36(15-24(36)18-7-8-18)32(47)43-54(49,50)21-10-11-21/h9,12-13,16,18,20-21,24-25,27,31H,7-8,10-11,14-15,17H2,1-6H3,(H,41,48)(H,42,45)(H,43,47)/t20-,24+,25+,27-,36-/m1/s1. The molecule has 296 valence electrons. The lowest BCUT2D eigenvalue weighted by atomic mass is 9.85. The van der Waals surface area contributed by atoms with Gasteiger partial charge >= 0.3 is 6.09 Å². The van der Waals surface area contributed by atoms with Crippen LogP contribution in [0.15, 0.2) is 24.4 Å². The molecule has 3 saturated carbocycles. The van der Waals surface area contributed by atoms with E-state index in [1.807, 2.05) is 0 Å². The summed E-state index contributed by atoms with van der Waals surface area (Å²) in [6, 6.07) is 2.42. The first-order chi connectivity index (χ1) is 25.2. The molecule has 0 spiro atoms. The number of alkyl carbamates (subject to hydrolysis) is 1. The van der Waals surface area contributed by atoms with Crippen molar-refractivity contribution in [1.82, 2.24) is 25.2 Å². The number of carbonyl (C=O) groups excluding carboxylic acids is 4. The fourth-order valence-corrected chi connectivity index (χ4v) is 8.54.